The van der Waals surface area contributed by atoms with Crippen molar-refractivity contribution < 1.29 is 8.42 Å². The molecule has 3 nitrogen and oxygen atoms in total. The predicted octanol–water partition coefficient (Wildman–Crippen LogP) is 2.85. The molecule has 0 saturated carbocycles. The van der Waals surface area contributed by atoms with E-state index in [4.69, 9.17) is 0 Å². The van der Waals surface area contributed by atoms with Gasteiger partial charge in [0.15, 0.2) is 9.84 Å². The zero-order valence-electron chi connectivity index (χ0n) is 12.5. The van der Waals surface area contributed by atoms with Gasteiger partial charge in [0.25, 0.3) is 0 Å². The highest BCUT2D eigenvalue weighted by molar-refractivity contribution is 7.92. The summed E-state index contributed by atoms with van der Waals surface area (Å²) in [5.74, 6) is 0. The summed E-state index contributed by atoms with van der Waals surface area (Å²) in [5.41, 5.74) is 1.92. The van der Waals surface area contributed by atoms with Crippen LogP contribution >= 0.6 is 0 Å². The highest BCUT2D eigenvalue weighted by Gasteiger charge is 2.30. The van der Waals surface area contributed by atoms with Gasteiger partial charge >= 0.3 is 0 Å². The van der Waals surface area contributed by atoms with Gasteiger partial charge in [-0.05, 0) is 45.4 Å². The molecule has 0 aromatic heterocycles. The predicted molar refractivity (Wildman–Crippen MR) is 80.3 cm³/mol. The van der Waals surface area contributed by atoms with E-state index in [1.165, 1.54) is 0 Å². The van der Waals surface area contributed by atoms with Crippen molar-refractivity contribution in [2.24, 2.45) is 0 Å². The van der Waals surface area contributed by atoms with Crippen LogP contribution in [-0.2, 0) is 9.84 Å². The monoisotopic (exact) mass is 283 g/mol. The fourth-order valence-corrected chi connectivity index (χ4v) is 4.33. The van der Waals surface area contributed by atoms with Gasteiger partial charge in [-0.2, -0.15) is 0 Å². The zero-order chi connectivity index (χ0) is 14.6. The second-order valence-electron chi connectivity index (χ2n) is 5.09. The van der Waals surface area contributed by atoms with E-state index in [-0.39, 0.29) is 6.04 Å². The molecule has 0 amide bonds. The molecule has 0 fully saturated rings. The molecule has 0 bridgehead atoms. The maximum Gasteiger partial charge on any atom is 0.182 e. The maximum absolute atomic E-state index is 12.7. The second kappa shape index (κ2) is 6.53. The van der Waals surface area contributed by atoms with Crippen LogP contribution in [0.15, 0.2) is 23.1 Å². The van der Waals surface area contributed by atoms with Gasteiger partial charge in [-0.15, -0.1) is 0 Å². The minimum absolute atomic E-state index is 0.00398. The van der Waals surface area contributed by atoms with E-state index >= 15 is 0 Å². The molecule has 4 heteroatoms. The summed E-state index contributed by atoms with van der Waals surface area (Å²) in [4.78, 5) is 0.460. The molecule has 1 aromatic rings. The summed E-state index contributed by atoms with van der Waals surface area (Å²) in [6.07, 6.45) is 0.805. The average molecular weight is 283 g/mol. The van der Waals surface area contributed by atoms with Gasteiger partial charge in [0.1, 0.15) is 0 Å². The lowest BCUT2D eigenvalue weighted by atomic mass is 10.1. The van der Waals surface area contributed by atoms with Crippen LogP contribution in [0.2, 0.25) is 0 Å². The van der Waals surface area contributed by atoms with Crippen LogP contribution in [0.3, 0.4) is 0 Å². The minimum atomic E-state index is -3.28. The average Bonchev–Trinajstić information content (AvgIpc) is 2.34. The van der Waals surface area contributed by atoms with Crippen LogP contribution < -0.4 is 5.32 Å². The minimum Gasteiger partial charge on any atom is -0.313 e. The van der Waals surface area contributed by atoms with Gasteiger partial charge in [0.2, 0.25) is 0 Å². The van der Waals surface area contributed by atoms with Crippen molar-refractivity contribution in [2.75, 3.05) is 6.54 Å². The summed E-state index contributed by atoms with van der Waals surface area (Å²) in [5, 5.41) is 2.84. The Morgan fingerprint density at radius 3 is 2.32 bits per heavy atom. The molecule has 1 N–H and O–H groups in total. The number of hydrogen-bond acceptors (Lipinski definition) is 3. The molecule has 0 spiro atoms. The van der Waals surface area contributed by atoms with E-state index in [1.54, 1.807) is 13.0 Å². The van der Waals surface area contributed by atoms with Crippen LogP contribution in [-0.4, -0.2) is 26.3 Å². The number of sulfone groups is 1. The van der Waals surface area contributed by atoms with Crippen molar-refractivity contribution in [3.8, 4) is 0 Å². The zero-order valence-corrected chi connectivity index (χ0v) is 13.3. The lowest BCUT2D eigenvalue weighted by Gasteiger charge is -2.24. The molecule has 1 aromatic carbocycles. The van der Waals surface area contributed by atoms with Crippen LogP contribution in [0.4, 0.5) is 0 Å². The fraction of sp³-hybridized carbons (Fsp3) is 0.600. The number of rotatable bonds is 6. The van der Waals surface area contributed by atoms with Crippen molar-refractivity contribution in [1.29, 1.82) is 0 Å². The molecule has 0 aliphatic rings. The molecular formula is C15H25NO2S. The van der Waals surface area contributed by atoms with Gasteiger partial charge in [-0.25, -0.2) is 8.42 Å². The largest absolute Gasteiger partial charge is 0.313 e. The van der Waals surface area contributed by atoms with Crippen molar-refractivity contribution in [3.05, 3.63) is 29.3 Å². The topological polar surface area (TPSA) is 46.2 Å². The summed E-state index contributed by atoms with van der Waals surface area (Å²) < 4.78 is 25.4. The van der Waals surface area contributed by atoms with Gasteiger partial charge < -0.3 is 5.32 Å². The van der Waals surface area contributed by atoms with Crippen LogP contribution in [0, 0.1) is 13.8 Å². The first-order chi connectivity index (χ1) is 8.84. The fourth-order valence-electron chi connectivity index (χ4n) is 2.44. The third-order valence-corrected chi connectivity index (χ3v) is 5.98. The Hall–Kier alpha value is -0.870. The Balaban J connectivity index is 3.15. The van der Waals surface area contributed by atoms with Gasteiger partial charge in [0, 0.05) is 6.04 Å². The molecule has 0 saturated heterocycles. The summed E-state index contributed by atoms with van der Waals surface area (Å²) in [7, 11) is -3.28. The van der Waals surface area contributed by atoms with E-state index < -0.39 is 15.1 Å². The lowest BCUT2D eigenvalue weighted by Crippen LogP contribution is -2.42. The smallest absolute Gasteiger partial charge is 0.182 e. The Kier molecular flexibility index (Phi) is 5.56. The SMILES string of the molecule is CCNC(CC)C(C)S(=O)(=O)c1ccc(C)cc1C. The summed E-state index contributed by atoms with van der Waals surface area (Å²) in [6.45, 7) is 10.4. The number of benzene rings is 1. The molecule has 0 heterocycles. The normalized spacial score (nSPS) is 15.2. The van der Waals surface area contributed by atoms with Crippen molar-refractivity contribution in [2.45, 2.75) is 57.2 Å². The molecule has 2 atom stereocenters. The summed E-state index contributed by atoms with van der Waals surface area (Å²) in [6, 6.07) is 5.51. The van der Waals surface area contributed by atoms with Crippen LogP contribution in [0.25, 0.3) is 0 Å². The van der Waals surface area contributed by atoms with Crippen molar-refractivity contribution in [3.63, 3.8) is 0 Å². The third kappa shape index (κ3) is 3.57. The Bertz CT molecular complexity index is 523. The molecule has 108 valence electrons. The Labute approximate surface area is 117 Å². The number of aryl methyl sites for hydroxylation is 2. The maximum atomic E-state index is 12.7. The molecule has 0 radical (unpaired) electrons. The van der Waals surface area contributed by atoms with E-state index in [2.05, 4.69) is 5.32 Å². The van der Waals surface area contributed by atoms with E-state index in [1.807, 2.05) is 39.8 Å². The lowest BCUT2D eigenvalue weighted by molar-refractivity contribution is 0.483. The van der Waals surface area contributed by atoms with Gasteiger partial charge in [-0.1, -0.05) is 31.5 Å². The third-order valence-electron chi connectivity index (χ3n) is 3.60. The highest BCUT2D eigenvalue weighted by atomic mass is 32.2. The van der Waals surface area contributed by atoms with Crippen molar-refractivity contribution in [1.82, 2.24) is 5.32 Å². The molecule has 0 aliphatic carbocycles. The van der Waals surface area contributed by atoms with Crippen molar-refractivity contribution >= 4 is 9.84 Å². The first kappa shape index (κ1) is 16.2. The number of hydrogen-bond donors (Lipinski definition) is 1. The van der Waals surface area contributed by atoms with E-state index in [9.17, 15) is 8.42 Å². The Morgan fingerprint density at radius 2 is 1.84 bits per heavy atom. The molecule has 19 heavy (non-hydrogen) atoms. The second-order valence-corrected chi connectivity index (χ2v) is 7.36. The first-order valence-electron chi connectivity index (χ1n) is 6.89. The molecular weight excluding hydrogens is 258 g/mol. The molecule has 2 unspecified atom stereocenters. The Morgan fingerprint density at radius 1 is 1.21 bits per heavy atom. The summed E-state index contributed by atoms with van der Waals surface area (Å²) >= 11 is 0. The standard InChI is InChI=1S/C15H25NO2S/c1-6-14(16-7-2)13(5)19(17,18)15-9-8-11(3)10-12(15)4/h8-10,13-14,16H,6-7H2,1-5H3. The van der Waals surface area contributed by atoms with Crippen LogP contribution in [0.5, 0.6) is 0 Å². The van der Waals surface area contributed by atoms with Crippen LogP contribution in [0.1, 0.15) is 38.3 Å². The van der Waals surface area contributed by atoms with Gasteiger partial charge in [-0.3, -0.25) is 0 Å². The number of nitrogens with one attached hydrogen (secondary N) is 1. The van der Waals surface area contributed by atoms with E-state index in [0.717, 1.165) is 24.1 Å². The quantitative estimate of drug-likeness (QED) is 0.873. The molecule has 0 aliphatic heterocycles. The van der Waals surface area contributed by atoms with Gasteiger partial charge in [0.05, 0.1) is 10.1 Å². The highest BCUT2D eigenvalue weighted by Crippen LogP contribution is 2.23. The van der Waals surface area contributed by atoms with E-state index in [0.29, 0.717) is 4.90 Å². The molecule has 1 rings (SSSR count). The first-order valence-corrected chi connectivity index (χ1v) is 8.43.